The summed E-state index contributed by atoms with van der Waals surface area (Å²) in [6.07, 6.45) is 0. The van der Waals surface area contributed by atoms with Crippen LogP contribution >= 0.6 is 11.3 Å². The van der Waals surface area contributed by atoms with Crippen molar-refractivity contribution >= 4 is 33.1 Å². The molecule has 0 saturated heterocycles. The van der Waals surface area contributed by atoms with Crippen LogP contribution in [0.25, 0.3) is 20.8 Å². The number of rotatable bonds is 3. The smallest absolute Gasteiger partial charge is 0.255 e. The van der Waals surface area contributed by atoms with Crippen molar-refractivity contribution < 1.29 is 4.79 Å². The minimum Gasteiger partial charge on any atom is -0.321 e. The van der Waals surface area contributed by atoms with E-state index in [0.717, 1.165) is 26.5 Å². The largest absolute Gasteiger partial charge is 0.321 e. The first-order chi connectivity index (χ1) is 11.8. The number of aromatic nitrogens is 1. The van der Waals surface area contributed by atoms with Gasteiger partial charge in [-0.2, -0.15) is 0 Å². The fourth-order valence-electron chi connectivity index (χ4n) is 2.55. The molecule has 0 atom stereocenters. The number of hydrogen-bond acceptors (Lipinski definition) is 3. The van der Waals surface area contributed by atoms with Crippen molar-refractivity contribution in [3.63, 3.8) is 0 Å². The molecule has 116 valence electrons. The van der Waals surface area contributed by atoms with Gasteiger partial charge in [-0.1, -0.05) is 42.5 Å². The number of fused-ring (bicyclic) bond motifs is 1. The average molecular weight is 330 g/mol. The standard InChI is InChI=1S/C20H14N2OS/c23-19(14-8-2-1-3-9-14)21-16-11-5-4-10-15(16)20-22-17-12-6-7-13-18(17)24-20/h1-13H,(H,21,23). The molecule has 0 aliphatic heterocycles. The van der Waals surface area contributed by atoms with Gasteiger partial charge >= 0.3 is 0 Å². The van der Waals surface area contributed by atoms with Crippen LogP contribution in [0.15, 0.2) is 78.9 Å². The Hall–Kier alpha value is -2.98. The number of para-hydroxylation sites is 2. The van der Waals surface area contributed by atoms with Gasteiger partial charge in [0.2, 0.25) is 0 Å². The monoisotopic (exact) mass is 330 g/mol. The fourth-order valence-corrected chi connectivity index (χ4v) is 3.56. The molecule has 1 aromatic heterocycles. The first-order valence-electron chi connectivity index (χ1n) is 7.62. The van der Waals surface area contributed by atoms with Gasteiger partial charge in [0.05, 0.1) is 15.9 Å². The number of nitrogens with one attached hydrogen (secondary N) is 1. The maximum Gasteiger partial charge on any atom is 0.255 e. The summed E-state index contributed by atoms with van der Waals surface area (Å²) in [4.78, 5) is 17.1. The lowest BCUT2D eigenvalue weighted by Crippen LogP contribution is -2.12. The van der Waals surface area contributed by atoms with E-state index >= 15 is 0 Å². The summed E-state index contributed by atoms with van der Waals surface area (Å²) in [6.45, 7) is 0. The first kappa shape index (κ1) is 14.6. The number of amides is 1. The SMILES string of the molecule is O=C(Nc1ccccc1-c1nc2ccccc2s1)c1ccccc1. The minimum absolute atomic E-state index is 0.121. The molecule has 0 saturated carbocycles. The lowest BCUT2D eigenvalue weighted by atomic mass is 10.1. The highest BCUT2D eigenvalue weighted by molar-refractivity contribution is 7.21. The van der Waals surface area contributed by atoms with E-state index in [9.17, 15) is 4.79 Å². The highest BCUT2D eigenvalue weighted by atomic mass is 32.1. The average Bonchev–Trinajstić information content (AvgIpc) is 3.07. The summed E-state index contributed by atoms with van der Waals surface area (Å²) in [7, 11) is 0. The van der Waals surface area contributed by atoms with Gasteiger partial charge in [-0.3, -0.25) is 4.79 Å². The molecule has 1 heterocycles. The Morgan fingerprint density at radius 2 is 1.54 bits per heavy atom. The zero-order valence-electron chi connectivity index (χ0n) is 12.8. The number of carbonyl (C=O) groups excluding carboxylic acids is 1. The van der Waals surface area contributed by atoms with Crippen LogP contribution in [-0.2, 0) is 0 Å². The summed E-state index contributed by atoms with van der Waals surface area (Å²) in [6, 6.07) is 25.0. The van der Waals surface area contributed by atoms with E-state index in [1.165, 1.54) is 0 Å². The fraction of sp³-hybridized carbons (Fsp3) is 0. The molecule has 0 unspecified atom stereocenters. The molecule has 1 N–H and O–H groups in total. The van der Waals surface area contributed by atoms with Crippen molar-refractivity contribution in [3.8, 4) is 10.6 Å². The van der Waals surface area contributed by atoms with Gasteiger partial charge in [-0.15, -0.1) is 11.3 Å². The first-order valence-corrected chi connectivity index (χ1v) is 8.44. The number of thiazole rings is 1. The van der Waals surface area contributed by atoms with Crippen molar-refractivity contribution in [1.82, 2.24) is 4.98 Å². The molecule has 0 radical (unpaired) electrons. The van der Waals surface area contributed by atoms with Crippen LogP contribution in [0.4, 0.5) is 5.69 Å². The Morgan fingerprint density at radius 3 is 2.38 bits per heavy atom. The van der Waals surface area contributed by atoms with Gasteiger partial charge in [0.25, 0.3) is 5.91 Å². The summed E-state index contributed by atoms with van der Waals surface area (Å²) >= 11 is 1.63. The second-order valence-electron chi connectivity index (χ2n) is 5.35. The van der Waals surface area contributed by atoms with E-state index in [2.05, 4.69) is 11.4 Å². The molecule has 3 aromatic carbocycles. The Morgan fingerprint density at radius 1 is 0.833 bits per heavy atom. The van der Waals surface area contributed by atoms with Crippen LogP contribution in [0.2, 0.25) is 0 Å². The Bertz CT molecular complexity index is 975. The normalized spacial score (nSPS) is 10.7. The van der Waals surface area contributed by atoms with E-state index in [1.54, 1.807) is 23.5 Å². The van der Waals surface area contributed by atoms with E-state index in [1.807, 2.05) is 60.7 Å². The van der Waals surface area contributed by atoms with Gasteiger partial charge in [-0.05, 0) is 36.4 Å². The van der Waals surface area contributed by atoms with Gasteiger partial charge < -0.3 is 5.32 Å². The van der Waals surface area contributed by atoms with Crippen molar-refractivity contribution in [2.75, 3.05) is 5.32 Å². The second kappa shape index (κ2) is 6.26. The molecular weight excluding hydrogens is 316 g/mol. The molecule has 4 heteroatoms. The zero-order chi connectivity index (χ0) is 16.4. The molecule has 0 aliphatic rings. The zero-order valence-corrected chi connectivity index (χ0v) is 13.6. The van der Waals surface area contributed by atoms with Crippen LogP contribution in [0.1, 0.15) is 10.4 Å². The van der Waals surface area contributed by atoms with E-state index in [-0.39, 0.29) is 5.91 Å². The second-order valence-corrected chi connectivity index (χ2v) is 6.38. The number of hydrogen-bond donors (Lipinski definition) is 1. The number of benzene rings is 3. The van der Waals surface area contributed by atoms with E-state index < -0.39 is 0 Å². The molecule has 0 fully saturated rings. The van der Waals surface area contributed by atoms with E-state index in [0.29, 0.717) is 5.56 Å². The summed E-state index contributed by atoms with van der Waals surface area (Å²) in [5.74, 6) is -0.121. The highest BCUT2D eigenvalue weighted by Gasteiger charge is 2.13. The lowest BCUT2D eigenvalue weighted by molar-refractivity contribution is 0.102. The number of nitrogens with zero attached hydrogens (tertiary/aromatic N) is 1. The summed E-state index contributed by atoms with van der Waals surface area (Å²) < 4.78 is 1.14. The third-order valence-electron chi connectivity index (χ3n) is 3.74. The van der Waals surface area contributed by atoms with E-state index in [4.69, 9.17) is 4.98 Å². The van der Waals surface area contributed by atoms with Crippen LogP contribution in [0.3, 0.4) is 0 Å². The quantitative estimate of drug-likeness (QED) is 0.560. The predicted octanol–water partition coefficient (Wildman–Crippen LogP) is 5.22. The molecular formula is C20H14N2OS. The van der Waals surface area contributed by atoms with Crippen LogP contribution in [0, 0.1) is 0 Å². The van der Waals surface area contributed by atoms with Gasteiger partial charge in [-0.25, -0.2) is 4.98 Å². The van der Waals surface area contributed by atoms with Gasteiger partial charge in [0.15, 0.2) is 0 Å². The van der Waals surface area contributed by atoms with Crippen molar-refractivity contribution in [2.45, 2.75) is 0 Å². The van der Waals surface area contributed by atoms with Crippen LogP contribution in [0.5, 0.6) is 0 Å². The maximum atomic E-state index is 12.4. The topological polar surface area (TPSA) is 42.0 Å². The Kier molecular flexibility index (Phi) is 3.81. The van der Waals surface area contributed by atoms with Gasteiger partial charge in [0, 0.05) is 11.1 Å². The summed E-state index contributed by atoms with van der Waals surface area (Å²) in [5.41, 5.74) is 3.31. The lowest BCUT2D eigenvalue weighted by Gasteiger charge is -2.09. The highest BCUT2D eigenvalue weighted by Crippen LogP contribution is 2.34. The number of anilines is 1. The van der Waals surface area contributed by atoms with Crippen LogP contribution < -0.4 is 5.32 Å². The number of carbonyl (C=O) groups is 1. The molecule has 0 aliphatic carbocycles. The van der Waals surface area contributed by atoms with Crippen molar-refractivity contribution in [3.05, 3.63) is 84.4 Å². The van der Waals surface area contributed by atoms with Crippen LogP contribution in [-0.4, -0.2) is 10.9 Å². The Labute approximate surface area is 143 Å². The van der Waals surface area contributed by atoms with Crippen molar-refractivity contribution in [2.24, 2.45) is 0 Å². The molecule has 3 nitrogen and oxygen atoms in total. The Balaban J connectivity index is 1.71. The molecule has 4 rings (SSSR count). The van der Waals surface area contributed by atoms with Crippen molar-refractivity contribution in [1.29, 1.82) is 0 Å². The molecule has 0 bridgehead atoms. The molecule has 1 amide bonds. The minimum atomic E-state index is -0.121. The molecule has 0 spiro atoms. The molecule has 4 aromatic rings. The predicted molar refractivity (Wildman–Crippen MR) is 99.5 cm³/mol. The van der Waals surface area contributed by atoms with Gasteiger partial charge in [0.1, 0.15) is 5.01 Å². The summed E-state index contributed by atoms with van der Waals surface area (Å²) in [5, 5.41) is 3.90. The third-order valence-corrected chi connectivity index (χ3v) is 4.81. The molecule has 24 heavy (non-hydrogen) atoms. The maximum absolute atomic E-state index is 12.4. The third kappa shape index (κ3) is 2.79.